The number of aromatic nitrogens is 1. The fourth-order valence-electron chi connectivity index (χ4n) is 4.54. The number of fused-ring (bicyclic) bond motifs is 1. The van der Waals surface area contributed by atoms with E-state index in [0.29, 0.717) is 38.5 Å². The molecule has 2 fully saturated rings. The van der Waals surface area contributed by atoms with Crippen LogP contribution in [-0.2, 0) is 20.8 Å². The van der Waals surface area contributed by atoms with Crippen molar-refractivity contribution < 1.29 is 19.0 Å². The number of aromatic amines is 1. The van der Waals surface area contributed by atoms with E-state index >= 15 is 0 Å². The summed E-state index contributed by atoms with van der Waals surface area (Å²) in [5.74, 6) is 0.912. The van der Waals surface area contributed by atoms with Gasteiger partial charge in [0.2, 0.25) is 5.91 Å². The van der Waals surface area contributed by atoms with Crippen LogP contribution in [0.25, 0.3) is 10.9 Å². The Balaban J connectivity index is 1.59. The highest BCUT2D eigenvalue weighted by molar-refractivity contribution is 5.81. The molecular weight excluding hydrogens is 396 g/mol. The number of ether oxygens (including phenoxy) is 3. The van der Waals surface area contributed by atoms with Gasteiger partial charge in [-0.15, -0.1) is 0 Å². The zero-order chi connectivity index (χ0) is 21.6. The van der Waals surface area contributed by atoms with Crippen LogP contribution in [0.3, 0.4) is 0 Å². The van der Waals surface area contributed by atoms with Crippen molar-refractivity contribution in [2.45, 2.75) is 51.7 Å². The first-order valence-electron chi connectivity index (χ1n) is 11.4. The minimum atomic E-state index is -0.168. The molecule has 1 aliphatic carbocycles. The number of hydrogen-bond acceptors (Lipinski definition) is 5. The van der Waals surface area contributed by atoms with E-state index in [-0.39, 0.29) is 30.0 Å². The maximum Gasteiger partial charge on any atom is 0.253 e. The molecule has 1 aliphatic heterocycles. The predicted molar refractivity (Wildman–Crippen MR) is 118 cm³/mol. The smallest absolute Gasteiger partial charge is 0.253 e. The molecule has 0 spiro atoms. The number of pyridine rings is 1. The molecular formula is C24H32N2O5. The van der Waals surface area contributed by atoms with E-state index in [1.165, 1.54) is 6.42 Å². The van der Waals surface area contributed by atoms with E-state index in [2.05, 4.69) is 4.98 Å². The molecule has 2 aliphatic rings. The number of nitrogens with zero attached hydrogens (tertiary/aromatic N) is 1. The lowest BCUT2D eigenvalue weighted by atomic mass is 9.88. The second-order valence-electron chi connectivity index (χ2n) is 8.43. The van der Waals surface area contributed by atoms with E-state index in [1.54, 1.807) is 4.90 Å². The highest BCUT2D eigenvalue weighted by atomic mass is 16.6. The minimum absolute atomic E-state index is 0.0300. The first-order valence-corrected chi connectivity index (χ1v) is 11.4. The summed E-state index contributed by atoms with van der Waals surface area (Å²) < 4.78 is 16.9. The molecule has 168 valence electrons. The van der Waals surface area contributed by atoms with Crippen molar-refractivity contribution in [2.24, 2.45) is 5.92 Å². The lowest BCUT2D eigenvalue weighted by Gasteiger charge is -2.33. The van der Waals surface area contributed by atoms with Gasteiger partial charge >= 0.3 is 0 Å². The summed E-state index contributed by atoms with van der Waals surface area (Å²) in [6, 6.07) is 7.49. The molecule has 0 unspecified atom stereocenters. The lowest BCUT2D eigenvalue weighted by Crippen LogP contribution is -2.45. The van der Waals surface area contributed by atoms with Crippen LogP contribution in [0.4, 0.5) is 0 Å². The van der Waals surface area contributed by atoms with Crippen LogP contribution in [0.5, 0.6) is 5.75 Å². The third-order valence-corrected chi connectivity index (χ3v) is 6.14. The topological polar surface area (TPSA) is 80.9 Å². The number of benzene rings is 1. The number of carbonyl (C=O) groups excluding carboxylic acids is 1. The SMILES string of the molecule is CCOc1ccc2[nH]c(=O)c(CN(C[C@H]3COCCO3)C(=O)C3CCCCC3)cc2c1. The Morgan fingerprint density at radius 3 is 2.77 bits per heavy atom. The van der Waals surface area contributed by atoms with Crippen LogP contribution in [0, 0.1) is 5.92 Å². The molecule has 7 nitrogen and oxygen atoms in total. The molecule has 4 rings (SSSR count). The molecule has 2 aromatic rings. The zero-order valence-electron chi connectivity index (χ0n) is 18.2. The van der Waals surface area contributed by atoms with Gasteiger partial charge in [-0.1, -0.05) is 19.3 Å². The second-order valence-corrected chi connectivity index (χ2v) is 8.43. The largest absolute Gasteiger partial charge is 0.494 e. The maximum atomic E-state index is 13.4. The van der Waals surface area contributed by atoms with Crippen LogP contribution in [0.15, 0.2) is 29.1 Å². The summed E-state index contributed by atoms with van der Waals surface area (Å²) in [6.07, 6.45) is 5.04. The number of amides is 1. The fourth-order valence-corrected chi connectivity index (χ4v) is 4.54. The van der Waals surface area contributed by atoms with E-state index in [0.717, 1.165) is 42.3 Å². The Hall–Kier alpha value is -2.38. The van der Waals surface area contributed by atoms with Crippen molar-refractivity contribution in [1.29, 1.82) is 0 Å². The maximum absolute atomic E-state index is 13.4. The minimum Gasteiger partial charge on any atom is -0.494 e. The summed E-state index contributed by atoms with van der Waals surface area (Å²) in [5.41, 5.74) is 1.16. The molecule has 1 aromatic heterocycles. The van der Waals surface area contributed by atoms with Gasteiger partial charge in [0.05, 0.1) is 39.1 Å². The molecule has 1 N–H and O–H groups in total. The summed E-state index contributed by atoms with van der Waals surface area (Å²) in [5, 5.41) is 0.892. The van der Waals surface area contributed by atoms with Crippen molar-refractivity contribution in [3.63, 3.8) is 0 Å². The Morgan fingerprint density at radius 1 is 1.19 bits per heavy atom. The highest BCUT2D eigenvalue weighted by Gasteiger charge is 2.29. The normalized spacial score (nSPS) is 20.0. The average molecular weight is 429 g/mol. The standard InChI is InChI=1S/C24H32N2O5/c1-2-30-20-8-9-22-18(13-20)12-19(23(27)25-22)14-26(15-21-16-29-10-11-31-21)24(28)17-6-4-3-5-7-17/h8-9,12-13,17,21H,2-7,10-11,14-16H2,1H3,(H,25,27)/t21-/m0/s1. The van der Waals surface area contributed by atoms with Crippen LogP contribution in [0.2, 0.25) is 0 Å². The van der Waals surface area contributed by atoms with E-state index in [1.807, 2.05) is 31.2 Å². The van der Waals surface area contributed by atoms with Gasteiger partial charge in [-0.3, -0.25) is 9.59 Å². The molecule has 1 atom stereocenters. The quantitative estimate of drug-likeness (QED) is 0.732. The van der Waals surface area contributed by atoms with Crippen LogP contribution in [-0.4, -0.2) is 54.9 Å². The summed E-state index contributed by atoms with van der Waals surface area (Å²) in [4.78, 5) is 30.9. The molecule has 31 heavy (non-hydrogen) atoms. The molecule has 1 aromatic carbocycles. The third-order valence-electron chi connectivity index (χ3n) is 6.14. The van der Waals surface area contributed by atoms with Crippen molar-refractivity contribution in [3.8, 4) is 5.75 Å². The van der Waals surface area contributed by atoms with Crippen LogP contribution < -0.4 is 10.3 Å². The van der Waals surface area contributed by atoms with Crippen molar-refractivity contribution >= 4 is 16.8 Å². The van der Waals surface area contributed by atoms with Crippen LogP contribution >= 0.6 is 0 Å². The van der Waals surface area contributed by atoms with Crippen LogP contribution in [0.1, 0.15) is 44.6 Å². The second kappa shape index (κ2) is 10.3. The number of nitrogens with one attached hydrogen (secondary N) is 1. The Kier molecular flexibility index (Phi) is 7.25. The molecule has 1 saturated heterocycles. The summed E-state index contributed by atoms with van der Waals surface area (Å²) in [7, 11) is 0. The van der Waals surface area contributed by atoms with E-state index in [4.69, 9.17) is 14.2 Å². The first-order chi connectivity index (χ1) is 15.1. The predicted octanol–water partition coefficient (Wildman–Crippen LogP) is 3.25. The van der Waals surface area contributed by atoms with Gasteiger partial charge in [-0.25, -0.2) is 0 Å². The summed E-state index contributed by atoms with van der Waals surface area (Å²) in [6.45, 7) is 4.81. The zero-order valence-corrected chi connectivity index (χ0v) is 18.2. The van der Waals surface area contributed by atoms with Gasteiger partial charge in [0.25, 0.3) is 5.56 Å². The first kappa shape index (κ1) is 21.8. The number of carbonyl (C=O) groups is 1. The molecule has 1 saturated carbocycles. The molecule has 2 heterocycles. The Bertz CT molecular complexity index is 945. The number of H-pyrrole nitrogens is 1. The van der Waals surface area contributed by atoms with E-state index < -0.39 is 0 Å². The Labute approximate surface area is 182 Å². The van der Waals surface area contributed by atoms with Gasteiger partial charge in [0, 0.05) is 28.9 Å². The number of hydrogen-bond donors (Lipinski definition) is 1. The molecule has 0 radical (unpaired) electrons. The lowest BCUT2D eigenvalue weighted by molar-refractivity contribution is -0.144. The molecule has 1 amide bonds. The van der Waals surface area contributed by atoms with Gasteiger partial charge in [0.15, 0.2) is 0 Å². The third kappa shape index (κ3) is 5.46. The Morgan fingerprint density at radius 2 is 2.03 bits per heavy atom. The number of rotatable bonds is 7. The van der Waals surface area contributed by atoms with E-state index in [9.17, 15) is 9.59 Å². The van der Waals surface area contributed by atoms with Crippen molar-refractivity contribution in [2.75, 3.05) is 33.0 Å². The fraction of sp³-hybridized carbons (Fsp3) is 0.583. The highest BCUT2D eigenvalue weighted by Crippen LogP contribution is 2.27. The van der Waals surface area contributed by atoms with Crippen molar-refractivity contribution in [3.05, 3.63) is 40.2 Å². The molecule has 0 bridgehead atoms. The summed E-state index contributed by atoms with van der Waals surface area (Å²) >= 11 is 0. The molecule has 7 heteroatoms. The van der Waals surface area contributed by atoms with Gasteiger partial charge in [-0.05, 0) is 44.0 Å². The van der Waals surface area contributed by atoms with Gasteiger partial charge in [0.1, 0.15) is 5.75 Å². The monoisotopic (exact) mass is 428 g/mol. The van der Waals surface area contributed by atoms with Crippen molar-refractivity contribution in [1.82, 2.24) is 9.88 Å². The van der Waals surface area contributed by atoms with Gasteiger partial charge in [-0.2, -0.15) is 0 Å². The average Bonchev–Trinajstić information content (AvgIpc) is 2.80. The van der Waals surface area contributed by atoms with Gasteiger partial charge < -0.3 is 24.1 Å².